The molecule has 3 aliphatic heterocycles. The number of fused-ring (bicyclic) bond motifs is 1. The van der Waals surface area contributed by atoms with Crippen molar-refractivity contribution in [3.8, 4) is 0 Å². The highest BCUT2D eigenvalue weighted by Gasteiger charge is 2.37. The van der Waals surface area contributed by atoms with E-state index in [0.29, 0.717) is 38.5 Å². The quantitative estimate of drug-likeness (QED) is 0.715. The summed E-state index contributed by atoms with van der Waals surface area (Å²) >= 11 is 0. The third kappa shape index (κ3) is 2.68. The zero-order chi connectivity index (χ0) is 13.2. The molecule has 0 aromatic rings. The lowest BCUT2D eigenvalue weighted by molar-refractivity contribution is -0.134. The maximum Gasteiger partial charge on any atom is 0.317 e. The fourth-order valence-electron chi connectivity index (χ4n) is 3.29. The topological polar surface area (TPSA) is 64.7 Å². The Morgan fingerprint density at radius 3 is 2.84 bits per heavy atom. The second kappa shape index (κ2) is 5.36. The summed E-state index contributed by atoms with van der Waals surface area (Å²) in [5.74, 6) is 0.806. The van der Waals surface area contributed by atoms with Crippen molar-refractivity contribution in [2.45, 2.75) is 25.3 Å². The average molecular weight is 266 g/mol. The van der Waals surface area contributed by atoms with Gasteiger partial charge in [-0.3, -0.25) is 4.79 Å². The summed E-state index contributed by atoms with van der Waals surface area (Å²) in [4.78, 5) is 27.6. The summed E-state index contributed by atoms with van der Waals surface area (Å²) in [6.07, 6.45) is 2.89. The molecule has 19 heavy (non-hydrogen) atoms. The summed E-state index contributed by atoms with van der Waals surface area (Å²) in [7, 11) is 0. The minimum Gasteiger partial charge on any atom is -0.339 e. The Balaban J connectivity index is 1.52. The van der Waals surface area contributed by atoms with Gasteiger partial charge in [-0.25, -0.2) is 4.79 Å². The van der Waals surface area contributed by atoms with Crippen LogP contribution in [0.4, 0.5) is 4.79 Å². The van der Waals surface area contributed by atoms with Gasteiger partial charge in [0.25, 0.3) is 0 Å². The molecule has 0 aromatic heterocycles. The zero-order valence-corrected chi connectivity index (χ0v) is 11.2. The molecule has 3 heterocycles. The van der Waals surface area contributed by atoms with Crippen LogP contribution in [0.5, 0.6) is 0 Å². The predicted octanol–water partition coefficient (Wildman–Crippen LogP) is -0.388. The molecule has 3 rings (SSSR count). The molecule has 6 heteroatoms. The Kier molecular flexibility index (Phi) is 3.59. The number of carbonyl (C=O) groups excluding carboxylic acids is 2. The monoisotopic (exact) mass is 266 g/mol. The van der Waals surface area contributed by atoms with Gasteiger partial charge in [0, 0.05) is 32.6 Å². The number of rotatable bonds is 2. The van der Waals surface area contributed by atoms with Crippen LogP contribution in [0.25, 0.3) is 0 Å². The smallest absolute Gasteiger partial charge is 0.317 e. The number of amides is 3. The number of piperazine rings is 1. The van der Waals surface area contributed by atoms with E-state index in [-0.39, 0.29) is 18.0 Å². The molecule has 0 aromatic carbocycles. The number of nitrogens with one attached hydrogen (secondary N) is 2. The van der Waals surface area contributed by atoms with E-state index in [2.05, 4.69) is 10.6 Å². The van der Waals surface area contributed by atoms with Gasteiger partial charge in [-0.2, -0.15) is 0 Å². The van der Waals surface area contributed by atoms with Gasteiger partial charge in [-0.1, -0.05) is 0 Å². The molecule has 3 aliphatic rings. The number of piperidine rings is 1. The lowest BCUT2D eigenvalue weighted by Gasteiger charge is -2.37. The zero-order valence-electron chi connectivity index (χ0n) is 11.2. The first-order chi connectivity index (χ1) is 9.24. The summed E-state index contributed by atoms with van der Waals surface area (Å²) in [5, 5.41) is 6.17. The summed E-state index contributed by atoms with van der Waals surface area (Å²) < 4.78 is 0. The first-order valence-electron chi connectivity index (χ1n) is 7.27. The Labute approximate surface area is 113 Å². The molecular formula is C13H22N4O2. The molecule has 1 unspecified atom stereocenters. The minimum absolute atomic E-state index is 0.0236. The molecular weight excluding hydrogens is 244 g/mol. The largest absolute Gasteiger partial charge is 0.339 e. The van der Waals surface area contributed by atoms with Gasteiger partial charge >= 0.3 is 6.03 Å². The van der Waals surface area contributed by atoms with E-state index in [9.17, 15) is 9.59 Å². The van der Waals surface area contributed by atoms with Gasteiger partial charge in [-0.05, 0) is 31.8 Å². The fraction of sp³-hybridized carbons (Fsp3) is 0.846. The second-order valence-corrected chi connectivity index (χ2v) is 5.77. The van der Waals surface area contributed by atoms with E-state index < -0.39 is 0 Å². The maximum absolute atomic E-state index is 12.3. The Bertz CT molecular complexity index is 368. The van der Waals surface area contributed by atoms with E-state index in [4.69, 9.17) is 0 Å². The van der Waals surface area contributed by atoms with Crippen molar-refractivity contribution in [1.82, 2.24) is 20.4 Å². The van der Waals surface area contributed by atoms with Crippen LogP contribution in [0.1, 0.15) is 19.3 Å². The summed E-state index contributed by atoms with van der Waals surface area (Å²) in [5.41, 5.74) is 0. The Morgan fingerprint density at radius 2 is 2.05 bits per heavy atom. The van der Waals surface area contributed by atoms with Crippen molar-refractivity contribution < 1.29 is 9.59 Å². The van der Waals surface area contributed by atoms with Crippen LogP contribution in [0.15, 0.2) is 0 Å². The van der Waals surface area contributed by atoms with Crippen LogP contribution in [-0.2, 0) is 4.79 Å². The van der Waals surface area contributed by atoms with Crippen LogP contribution >= 0.6 is 0 Å². The van der Waals surface area contributed by atoms with Gasteiger partial charge in [0.05, 0.1) is 6.04 Å². The Morgan fingerprint density at radius 1 is 1.26 bits per heavy atom. The van der Waals surface area contributed by atoms with E-state index in [1.54, 1.807) is 0 Å². The molecule has 106 valence electrons. The van der Waals surface area contributed by atoms with Crippen molar-refractivity contribution in [3.63, 3.8) is 0 Å². The third-order valence-corrected chi connectivity index (χ3v) is 4.51. The van der Waals surface area contributed by atoms with Gasteiger partial charge in [0.2, 0.25) is 5.91 Å². The first-order valence-corrected chi connectivity index (χ1v) is 7.27. The van der Waals surface area contributed by atoms with E-state index in [1.807, 2.05) is 9.80 Å². The molecule has 0 spiro atoms. The highest BCUT2D eigenvalue weighted by atomic mass is 16.2. The van der Waals surface area contributed by atoms with Gasteiger partial charge in [-0.15, -0.1) is 0 Å². The molecule has 0 bridgehead atoms. The maximum atomic E-state index is 12.3. The Hall–Kier alpha value is -1.30. The molecule has 0 radical (unpaired) electrons. The van der Waals surface area contributed by atoms with Gasteiger partial charge in [0.1, 0.15) is 0 Å². The molecule has 3 amide bonds. The number of hydrogen-bond donors (Lipinski definition) is 2. The lowest BCUT2D eigenvalue weighted by atomic mass is 9.94. The normalized spacial score (nSPS) is 28.2. The number of hydrogen-bond acceptors (Lipinski definition) is 3. The second-order valence-electron chi connectivity index (χ2n) is 5.77. The van der Waals surface area contributed by atoms with Crippen molar-refractivity contribution in [2.75, 3.05) is 39.3 Å². The number of urea groups is 1. The predicted molar refractivity (Wildman–Crippen MR) is 70.7 cm³/mol. The molecule has 0 aliphatic carbocycles. The van der Waals surface area contributed by atoms with Gasteiger partial charge in [0.15, 0.2) is 0 Å². The summed E-state index contributed by atoms with van der Waals surface area (Å²) in [6, 6.07) is 0.202. The lowest BCUT2D eigenvalue weighted by Crippen LogP contribution is -2.54. The first kappa shape index (κ1) is 12.7. The molecule has 3 fully saturated rings. The van der Waals surface area contributed by atoms with Crippen LogP contribution in [0, 0.1) is 5.92 Å². The summed E-state index contributed by atoms with van der Waals surface area (Å²) in [6.45, 7) is 4.81. The molecule has 0 saturated carbocycles. The van der Waals surface area contributed by atoms with Crippen molar-refractivity contribution in [1.29, 1.82) is 0 Å². The van der Waals surface area contributed by atoms with Crippen LogP contribution in [0.2, 0.25) is 0 Å². The minimum atomic E-state index is 0.0236. The highest BCUT2D eigenvalue weighted by Crippen LogP contribution is 2.20. The molecule has 3 saturated heterocycles. The molecule has 1 atom stereocenters. The number of carbonyl (C=O) groups is 2. The SMILES string of the molecule is O=C(CC1CCNCC1)N1CCN2C(=O)NCC2C1. The van der Waals surface area contributed by atoms with Crippen LogP contribution < -0.4 is 10.6 Å². The van der Waals surface area contributed by atoms with Crippen LogP contribution in [-0.4, -0.2) is 67.0 Å². The van der Waals surface area contributed by atoms with Crippen molar-refractivity contribution in [3.05, 3.63) is 0 Å². The number of nitrogens with zero attached hydrogens (tertiary/aromatic N) is 2. The molecule has 6 nitrogen and oxygen atoms in total. The van der Waals surface area contributed by atoms with Crippen LogP contribution in [0.3, 0.4) is 0 Å². The van der Waals surface area contributed by atoms with E-state index >= 15 is 0 Å². The standard InChI is InChI=1S/C13H22N4O2/c18-12(7-10-1-3-14-4-2-10)16-5-6-17-11(9-16)8-15-13(17)19/h10-11,14H,1-9H2,(H,15,19). The average Bonchev–Trinajstić information content (AvgIpc) is 2.81. The van der Waals surface area contributed by atoms with Crippen molar-refractivity contribution >= 4 is 11.9 Å². The van der Waals surface area contributed by atoms with Gasteiger partial charge < -0.3 is 20.4 Å². The third-order valence-electron chi connectivity index (χ3n) is 4.51. The van der Waals surface area contributed by atoms with Crippen molar-refractivity contribution in [2.24, 2.45) is 5.92 Å². The fourth-order valence-corrected chi connectivity index (χ4v) is 3.29. The molecule has 2 N–H and O–H groups in total. The van der Waals surface area contributed by atoms with E-state index in [0.717, 1.165) is 25.9 Å². The van der Waals surface area contributed by atoms with E-state index in [1.165, 1.54) is 0 Å². The highest BCUT2D eigenvalue weighted by molar-refractivity contribution is 5.79.